The first-order valence-corrected chi connectivity index (χ1v) is 8.98. The van der Waals surface area contributed by atoms with E-state index >= 15 is 0 Å². The van der Waals surface area contributed by atoms with E-state index in [2.05, 4.69) is 10.0 Å². The number of carbonyl (C=O) groups excluding carboxylic acids is 2. The van der Waals surface area contributed by atoms with Crippen molar-refractivity contribution in [3.8, 4) is 0 Å². The average Bonchev–Trinajstić information content (AvgIpc) is 2.55. The number of carbonyl (C=O) groups is 2. The van der Waals surface area contributed by atoms with Gasteiger partial charge in [-0.1, -0.05) is 12.1 Å². The Morgan fingerprint density at radius 3 is 2.32 bits per heavy atom. The van der Waals surface area contributed by atoms with Crippen LogP contribution in [0.2, 0.25) is 0 Å². The van der Waals surface area contributed by atoms with Crippen LogP contribution in [-0.4, -0.2) is 26.9 Å². The summed E-state index contributed by atoms with van der Waals surface area (Å²) in [4.78, 5) is 22.7. The molecule has 0 bridgehead atoms. The minimum Gasteiger partial charge on any atom is -0.450 e. The van der Waals surface area contributed by atoms with Crippen LogP contribution in [0.15, 0.2) is 53.4 Å². The molecule has 2 aromatic carbocycles. The van der Waals surface area contributed by atoms with Gasteiger partial charge in [-0.15, -0.1) is 0 Å². The highest BCUT2D eigenvalue weighted by Gasteiger charge is 2.15. The molecule has 0 spiro atoms. The molecule has 7 nitrogen and oxygen atoms in total. The van der Waals surface area contributed by atoms with Gasteiger partial charge < -0.3 is 4.74 Å². The van der Waals surface area contributed by atoms with E-state index in [-0.39, 0.29) is 17.3 Å². The lowest BCUT2D eigenvalue weighted by Crippen LogP contribution is -2.15. The minimum atomic E-state index is -3.82. The highest BCUT2D eigenvalue weighted by atomic mass is 32.2. The monoisotopic (exact) mass is 362 g/mol. The molecular formula is C17H18N2O5S. The zero-order valence-corrected chi connectivity index (χ0v) is 14.6. The number of ketones is 1. The molecule has 25 heavy (non-hydrogen) atoms. The number of anilines is 2. The molecular weight excluding hydrogens is 344 g/mol. The third-order valence-corrected chi connectivity index (χ3v) is 4.60. The number of hydrogen-bond acceptors (Lipinski definition) is 5. The molecule has 0 radical (unpaired) electrons. The summed E-state index contributed by atoms with van der Waals surface area (Å²) in [5, 5.41) is 2.48. The van der Waals surface area contributed by atoms with E-state index in [0.717, 1.165) is 0 Å². The molecule has 132 valence electrons. The van der Waals surface area contributed by atoms with Crippen LogP contribution >= 0.6 is 0 Å². The number of benzene rings is 2. The van der Waals surface area contributed by atoms with Crippen LogP contribution in [0.25, 0.3) is 0 Å². The van der Waals surface area contributed by atoms with Crippen molar-refractivity contribution in [2.75, 3.05) is 16.6 Å². The van der Waals surface area contributed by atoms with Gasteiger partial charge in [-0.2, -0.15) is 0 Å². The van der Waals surface area contributed by atoms with Crippen molar-refractivity contribution in [2.24, 2.45) is 0 Å². The quantitative estimate of drug-likeness (QED) is 0.768. The van der Waals surface area contributed by atoms with Crippen molar-refractivity contribution < 1.29 is 22.7 Å². The van der Waals surface area contributed by atoms with Crippen LogP contribution in [0, 0.1) is 0 Å². The lowest BCUT2D eigenvalue weighted by molar-refractivity contribution is 0.101. The summed E-state index contributed by atoms with van der Waals surface area (Å²) >= 11 is 0. The fraction of sp³-hybridized carbons (Fsp3) is 0.176. The Morgan fingerprint density at radius 2 is 1.72 bits per heavy atom. The fourth-order valence-corrected chi connectivity index (χ4v) is 3.07. The first-order chi connectivity index (χ1) is 11.8. The van der Waals surface area contributed by atoms with E-state index in [1.54, 1.807) is 25.1 Å². The first kappa shape index (κ1) is 18.5. The van der Waals surface area contributed by atoms with E-state index < -0.39 is 16.1 Å². The van der Waals surface area contributed by atoms with E-state index in [9.17, 15) is 18.0 Å². The SMILES string of the molecule is CCOC(=O)Nc1ccc(S(=O)(=O)Nc2cccc(C(C)=O)c2)cc1. The molecule has 0 saturated heterocycles. The number of Topliss-reactive ketones (excluding diaryl/α,β-unsaturated/α-hetero) is 1. The summed E-state index contributed by atoms with van der Waals surface area (Å²) in [6, 6.07) is 11.9. The standard InChI is InChI=1S/C17H18N2O5S/c1-3-24-17(21)18-14-7-9-16(10-8-14)25(22,23)19-15-6-4-5-13(11-15)12(2)20/h4-11,19H,3H2,1-2H3,(H,18,21). The second-order valence-electron chi connectivity index (χ2n) is 5.11. The smallest absolute Gasteiger partial charge is 0.411 e. The fourth-order valence-electron chi connectivity index (χ4n) is 2.02. The summed E-state index contributed by atoms with van der Waals surface area (Å²) in [6.45, 7) is 3.33. The maximum absolute atomic E-state index is 12.4. The molecule has 0 fully saturated rings. The molecule has 0 atom stereocenters. The van der Waals surface area contributed by atoms with Gasteiger partial charge in [0.15, 0.2) is 5.78 Å². The summed E-state index contributed by atoms with van der Waals surface area (Å²) in [6.07, 6.45) is -0.614. The van der Waals surface area contributed by atoms with Crippen molar-refractivity contribution in [1.82, 2.24) is 0 Å². The van der Waals surface area contributed by atoms with Gasteiger partial charge in [0, 0.05) is 16.9 Å². The molecule has 0 unspecified atom stereocenters. The number of nitrogens with one attached hydrogen (secondary N) is 2. The molecule has 0 aliphatic carbocycles. The van der Waals surface area contributed by atoms with Crippen LogP contribution < -0.4 is 10.0 Å². The zero-order valence-electron chi connectivity index (χ0n) is 13.8. The van der Waals surface area contributed by atoms with Crippen molar-refractivity contribution in [1.29, 1.82) is 0 Å². The number of ether oxygens (including phenoxy) is 1. The molecule has 2 N–H and O–H groups in total. The summed E-state index contributed by atoms with van der Waals surface area (Å²) in [5.74, 6) is -0.157. The van der Waals surface area contributed by atoms with Gasteiger partial charge in [-0.3, -0.25) is 14.8 Å². The second-order valence-corrected chi connectivity index (χ2v) is 6.79. The Morgan fingerprint density at radius 1 is 1.04 bits per heavy atom. The highest BCUT2D eigenvalue weighted by molar-refractivity contribution is 7.92. The Balaban J connectivity index is 2.15. The van der Waals surface area contributed by atoms with Crippen molar-refractivity contribution in [3.05, 3.63) is 54.1 Å². The van der Waals surface area contributed by atoms with Gasteiger partial charge >= 0.3 is 6.09 Å². The maximum atomic E-state index is 12.4. The molecule has 0 heterocycles. The van der Waals surface area contributed by atoms with Crippen molar-refractivity contribution in [3.63, 3.8) is 0 Å². The Bertz CT molecular complexity index is 876. The van der Waals surface area contributed by atoms with Gasteiger partial charge in [0.05, 0.1) is 11.5 Å². The number of rotatable bonds is 6. The third-order valence-electron chi connectivity index (χ3n) is 3.21. The molecule has 0 saturated carbocycles. The molecule has 8 heteroatoms. The normalized spacial score (nSPS) is 10.8. The van der Waals surface area contributed by atoms with Crippen LogP contribution in [-0.2, 0) is 14.8 Å². The van der Waals surface area contributed by atoms with Gasteiger partial charge in [0.1, 0.15) is 0 Å². The summed E-state index contributed by atoms with van der Waals surface area (Å²) in [7, 11) is -3.82. The van der Waals surface area contributed by atoms with Crippen molar-refractivity contribution in [2.45, 2.75) is 18.7 Å². The zero-order chi connectivity index (χ0) is 18.4. The van der Waals surface area contributed by atoms with Gasteiger partial charge in [0.25, 0.3) is 10.0 Å². The lowest BCUT2D eigenvalue weighted by atomic mass is 10.1. The number of sulfonamides is 1. The highest BCUT2D eigenvalue weighted by Crippen LogP contribution is 2.19. The molecule has 0 aromatic heterocycles. The first-order valence-electron chi connectivity index (χ1n) is 7.49. The second kappa shape index (κ2) is 7.80. The van der Waals surface area contributed by atoms with E-state index in [1.165, 1.54) is 37.3 Å². The Kier molecular flexibility index (Phi) is 5.76. The Labute approximate surface area is 146 Å². The predicted molar refractivity (Wildman–Crippen MR) is 94.3 cm³/mol. The minimum absolute atomic E-state index is 0.0233. The Hall–Kier alpha value is -2.87. The predicted octanol–water partition coefficient (Wildman–Crippen LogP) is 3.26. The largest absolute Gasteiger partial charge is 0.450 e. The molecule has 0 aliphatic heterocycles. The summed E-state index contributed by atoms with van der Waals surface area (Å²) < 4.78 is 32.0. The summed E-state index contributed by atoms with van der Waals surface area (Å²) in [5.41, 5.74) is 1.12. The van der Waals surface area contributed by atoms with E-state index in [1.807, 2.05) is 0 Å². The van der Waals surface area contributed by atoms with E-state index in [4.69, 9.17) is 4.74 Å². The molecule has 1 amide bonds. The molecule has 0 aliphatic rings. The van der Waals surface area contributed by atoms with Crippen molar-refractivity contribution >= 4 is 33.3 Å². The van der Waals surface area contributed by atoms with Crippen LogP contribution in [0.5, 0.6) is 0 Å². The van der Waals surface area contributed by atoms with Gasteiger partial charge in [0.2, 0.25) is 0 Å². The van der Waals surface area contributed by atoms with Crippen LogP contribution in [0.1, 0.15) is 24.2 Å². The molecule has 2 aromatic rings. The third kappa shape index (κ3) is 5.05. The average molecular weight is 362 g/mol. The number of hydrogen-bond donors (Lipinski definition) is 2. The number of amides is 1. The van der Waals surface area contributed by atoms with Crippen LogP contribution in [0.4, 0.5) is 16.2 Å². The lowest BCUT2D eigenvalue weighted by Gasteiger charge is -2.10. The van der Waals surface area contributed by atoms with Gasteiger partial charge in [-0.05, 0) is 50.2 Å². The molecule has 2 rings (SSSR count). The van der Waals surface area contributed by atoms with Gasteiger partial charge in [-0.25, -0.2) is 13.2 Å². The van der Waals surface area contributed by atoms with Crippen LogP contribution in [0.3, 0.4) is 0 Å². The maximum Gasteiger partial charge on any atom is 0.411 e. The van der Waals surface area contributed by atoms with E-state index in [0.29, 0.717) is 16.9 Å². The topological polar surface area (TPSA) is 102 Å².